The molecule has 0 bridgehead atoms. The van der Waals surface area contributed by atoms with Crippen LogP contribution in [-0.4, -0.2) is 0 Å². The van der Waals surface area contributed by atoms with Gasteiger partial charge in [0.1, 0.15) is 0 Å². The summed E-state index contributed by atoms with van der Waals surface area (Å²) in [5, 5.41) is 9.59. The molecule has 4 aromatic rings. The molecule has 90 valence electrons. The zero-order chi connectivity index (χ0) is 12.7. The highest BCUT2D eigenvalue weighted by Gasteiger charge is 2.05. The van der Waals surface area contributed by atoms with E-state index >= 15 is 0 Å². The summed E-state index contributed by atoms with van der Waals surface area (Å²) in [5.74, 6) is 0. The fourth-order valence-corrected chi connectivity index (χ4v) is 3.29. The summed E-state index contributed by atoms with van der Waals surface area (Å²) >= 11 is 1.75. The van der Waals surface area contributed by atoms with Gasteiger partial charge in [-0.1, -0.05) is 42.5 Å². The Kier molecular flexibility index (Phi) is 2.39. The Morgan fingerprint density at radius 1 is 0.684 bits per heavy atom. The van der Waals surface area contributed by atoms with E-state index in [1.165, 1.54) is 32.7 Å². The fourth-order valence-electron chi connectivity index (χ4n) is 2.64. The van der Waals surface area contributed by atoms with E-state index < -0.39 is 0 Å². The van der Waals surface area contributed by atoms with E-state index in [4.69, 9.17) is 0 Å². The van der Waals surface area contributed by atoms with Gasteiger partial charge in [0.05, 0.1) is 0 Å². The number of hydrogen-bond donors (Lipinski definition) is 0. The molecule has 0 radical (unpaired) electrons. The molecule has 0 saturated heterocycles. The molecule has 19 heavy (non-hydrogen) atoms. The van der Waals surface area contributed by atoms with Gasteiger partial charge in [0, 0.05) is 0 Å². The molecule has 0 aliphatic heterocycles. The standard InChI is InChI=1S/C18H12S/c1-2-5-14-11-18-15(10-13(14)4-1)6-3-7-17(18)16-8-9-19-12-16/h1-12H. The van der Waals surface area contributed by atoms with Gasteiger partial charge in [0.25, 0.3) is 0 Å². The van der Waals surface area contributed by atoms with Gasteiger partial charge in [-0.2, -0.15) is 11.3 Å². The minimum absolute atomic E-state index is 1.30. The maximum atomic E-state index is 2.30. The van der Waals surface area contributed by atoms with Crippen molar-refractivity contribution in [3.05, 3.63) is 71.4 Å². The summed E-state index contributed by atoms with van der Waals surface area (Å²) in [5.41, 5.74) is 2.63. The van der Waals surface area contributed by atoms with Gasteiger partial charge in [0.15, 0.2) is 0 Å². The Bertz CT molecular complexity index is 857. The molecule has 0 aliphatic carbocycles. The molecular weight excluding hydrogens is 248 g/mol. The third-order valence-electron chi connectivity index (χ3n) is 3.58. The van der Waals surface area contributed by atoms with Crippen LogP contribution in [0, 0.1) is 0 Å². The molecule has 0 nitrogen and oxygen atoms in total. The number of fused-ring (bicyclic) bond motifs is 2. The second-order valence-electron chi connectivity index (χ2n) is 4.74. The van der Waals surface area contributed by atoms with Gasteiger partial charge in [0.2, 0.25) is 0 Å². The maximum absolute atomic E-state index is 2.30. The summed E-state index contributed by atoms with van der Waals surface area (Å²) in [6.07, 6.45) is 0. The lowest BCUT2D eigenvalue weighted by Gasteiger charge is -2.07. The zero-order valence-electron chi connectivity index (χ0n) is 10.3. The number of hydrogen-bond acceptors (Lipinski definition) is 1. The smallest absolute Gasteiger partial charge is 0.00145 e. The SMILES string of the molecule is c1ccc2cc3c(-c4ccsc4)cccc3cc2c1. The first-order chi connectivity index (χ1) is 9.42. The zero-order valence-corrected chi connectivity index (χ0v) is 11.2. The molecule has 0 N–H and O–H groups in total. The molecule has 4 rings (SSSR count). The molecule has 0 spiro atoms. The van der Waals surface area contributed by atoms with Crippen molar-refractivity contribution < 1.29 is 0 Å². The van der Waals surface area contributed by atoms with Crippen LogP contribution in [0.5, 0.6) is 0 Å². The normalized spacial score (nSPS) is 11.2. The molecule has 0 saturated carbocycles. The average Bonchev–Trinajstić information content (AvgIpc) is 2.98. The van der Waals surface area contributed by atoms with E-state index in [2.05, 4.69) is 71.4 Å². The van der Waals surface area contributed by atoms with E-state index in [0.29, 0.717) is 0 Å². The molecule has 1 aromatic heterocycles. The van der Waals surface area contributed by atoms with Crippen LogP contribution in [0.15, 0.2) is 71.4 Å². The molecular formula is C18H12S. The van der Waals surface area contributed by atoms with Crippen LogP contribution in [0.25, 0.3) is 32.7 Å². The number of thiophene rings is 1. The van der Waals surface area contributed by atoms with Crippen molar-refractivity contribution >= 4 is 32.9 Å². The van der Waals surface area contributed by atoms with Gasteiger partial charge in [-0.15, -0.1) is 0 Å². The Morgan fingerprint density at radius 3 is 2.26 bits per heavy atom. The van der Waals surface area contributed by atoms with Crippen molar-refractivity contribution in [3.63, 3.8) is 0 Å². The van der Waals surface area contributed by atoms with E-state index in [9.17, 15) is 0 Å². The van der Waals surface area contributed by atoms with Crippen molar-refractivity contribution in [2.24, 2.45) is 0 Å². The Hall–Kier alpha value is -2.12. The lowest BCUT2D eigenvalue weighted by molar-refractivity contribution is 1.73. The third kappa shape index (κ3) is 1.74. The lowest BCUT2D eigenvalue weighted by atomic mass is 9.97. The van der Waals surface area contributed by atoms with Crippen molar-refractivity contribution in [2.75, 3.05) is 0 Å². The highest BCUT2D eigenvalue weighted by molar-refractivity contribution is 7.08. The maximum Gasteiger partial charge on any atom is -0.00145 e. The molecule has 1 heterocycles. The summed E-state index contributed by atoms with van der Waals surface area (Å²) in [6.45, 7) is 0. The highest BCUT2D eigenvalue weighted by Crippen LogP contribution is 2.32. The van der Waals surface area contributed by atoms with Crippen LogP contribution in [0.1, 0.15) is 0 Å². The van der Waals surface area contributed by atoms with Crippen LogP contribution >= 0.6 is 11.3 Å². The van der Waals surface area contributed by atoms with Gasteiger partial charge >= 0.3 is 0 Å². The molecule has 0 unspecified atom stereocenters. The molecule has 3 aromatic carbocycles. The Morgan fingerprint density at radius 2 is 1.47 bits per heavy atom. The van der Waals surface area contributed by atoms with Crippen LogP contribution in [0.4, 0.5) is 0 Å². The third-order valence-corrected chi connectivity index (χ3v) is 4.26. The average molecular weight is 260 g/mol. The van der Waals surface area contributed by atoms with Gasteiger partial charge in [-0.25, -0.2) is 0 Å². The van der Waals surface area contributed by atoms with Gasteiger partial charge in [-0.05, 0) is 61.6 Å². The predicted octanol–water partition coefficient (Wildman–Crippen LogP) is 5.72. The van der Waals surface area contributed by atoms with Gasteiger partial charge in [-0.3, -0.25) is 0 Å². The minimum Gasteiger partial charge on any atom is -0.152 e. The lowest BCUT2D eigenvalue weighted by Crippen LogP contribution is -1.80. The van der Waals surface area contributed by atoms with E-state index in [1.807, 2.05) is 0 Å². The summed E-state index contributed by atoms with van der Waals surface area (Å²) in [4.78, 5) is 0. The monoisotopic (exact) mass is 260 g/mol. The first-order valence-corrected chi connectivity index (χ1v) is 7.30. The van der Waals surface area contributed by atoms with E-state index in [-0.39, 0.29) is 0 Å². The topological polar surface area (TPSA) is 0 Å². The predicted molar refractivity (Wildman–Crippen MR) is 84.8 cm³/mol. The van der Waals surface area contributed by atoms with E-state index in [1.54, 1.807) is 11.3 Å². The quantitative estimate of drug-likeness (QED) is 0.384. The molecule has 0 aliphatic rings. The van der Waals surface area contributed by atoms with Crippen LogP contribution < -0.4 is 0 Å². The van der Waals surface area contributed by atoms with Gasteiger partial charge < -0.3 is 0 Å². The summed E-state index contributed by atoms with van der Waals surface area (Å²) in [7, 11) is 0. The van der Waals surface area contributed by atoms with Crippen LogP contribution in [0.3, 0.4) is 0 Å². The van der Waals surface area contributed by atoms with Crippen molar-refractivity contribution in [1.82, 2.24) is 0 Å². The van der Waals surface area contributed by atoms with Crippen molar-refractivity contribution in [1.29, 1.82) is 0 Å². The van der Waals surface area contributed by atoms with Crippen molar-refractivity contribution in [2.45, 2.75) is 0 Å². The number of benzene rings is 3. The largest absolute Gasteiger partial charge is 0.152 e. The first-order valence-electron chi connectivity index (χ1n) is 6.36. The van der Waals surface area contributed by atoms with E-state index in [0.717, 1.165) is 0 Å². The Labute approximate surface area is 115 Å². The minimum atomic E-state index is 1.30. The molecule has 1 heteroatoms. The molecule has 0 amide bonds. The summed E-state index contributed by atoms with van der Waals surface area (Å²) < 4.78 is 0. The first kappa shape index (κ1) is 10.8. The highest BCUT2D eigenvalue weighted by atomic mass is 32.1. The number of rotatable bonds is 1. The second kappa shape index (κ2) is 4.22. The second-order valence-corrected chi connectivity index (χ2v) is 5.52. The van der Waals surface area contributed by atoms with Crippen molar-refractivity contribution in [3.8, 4) is 11.1 Å². The molecule has 0 fully saturated rings. The summed E-state index contributed by atoms with van der Waals surface area (Å²) in [6, 6.07) is 21.9. The molecule has 0 atom stereocenters. The Balaban J connectivity index is 2.12. The van der Waals surface area contributed by atoms with Crippen LogP contribution in [-0.2, 0) is 0 Å². The van der Waals surface area contributed by atoms with Crippen LogP contribution in [0.2, 0.25) is 0 Å². The fraction of sp³-hybridized carbons (Fsp3) is 0.